The van der Waals surface area contributed by atoms with Gasteiger partial charge in [0.05, 0.1) is 0 Å². The van der Waals surface area contributed by atoms with Crippen molar-refractivity contribution in [3.63, 3.8) is 0 Å². The summed E-state index contributed by atoms with van der Waals surface area (Å²) in [4.78, 5) is 27.5. The second-order valence-corrected chi connectivity index (χ2v) is 8.72. The third-order valence-electron chi connectivity index (χ3n) is 4.31. The van der Waals surface area contributed by atoms with Gasteiger partial charge in [-0.2, -0.15) is 0 Å². The van der Waals surface area contributed by atoms with Crippen molar-refractivity contribution in [2.75, 3.05) is 0 Å². The Kier molecular flexibility index (Phi) is 5.76. The summed E-state index contributed by atoms with van der Waals surface area (Å²) >= 11 is -0.456. The first-order valence-electron chi connectivity index (χ1n) is 8.75. The van der Waals surface area contributed by atoms with Crippen LogP contribution in [0.1, 0.15) is 25.8 Å². The summed E-state index contributed by atoms with van der Waals surface area (Å²) < 4.78 is 6.36. The van der Waals surface area contributed by atoms with Gasteiger partial charge >= 0.3 is 164 Å². The minimum absolute atomic E-state index is 0.0809. The van der Waals surface area contributed by atoms with Gasteiger partial charge in [0.15, 0.2) is 0 Å². The molecule has 0 aliphatic heterocycles. The number of carbonyl (C=O) groups excluding carboxylic acids is 1. The monoisotopic (exact) mass is 427 g/mol. The van der Waals surface area contributed by atoms with Crippen molar-refractivity contribution >= 4 is 53.6 Å². The molecule has 2 aromatic carbocycles. The Morgan fingerprint density at radius 3 is 2.74 bits per heavy atom. The number of ether oxygens (including phenoxy) is 1. The molecular formula is C20H20AsN2O4. The number of nitrogens with zero attached hydrogens (tertiary/aromatic N) is 2. The van der Waals surface area contributed by atoms with Gasteiger partial charge in [-0.15, -0.1) is 0 Å². The molecule has 0 bridgehead atoms. The molecule has 27 heavy (non-hydrogen) atoms. The van der Waals surface area contributed by atoms with Gasteiger partial charge in [-0.25, -0.2) is 0 Å². The summed E-state index contributed by atoms with van der Waals surface area (Å²) in [6, 6.07) is 11.0. The van der Waals surface area contributed by atoms with Crippen LogP contribution in [-0.2, 0) is 9.53 Å². The Bertz CT molecular complexity index is 1040. The van der Waals surface area contributed by atoms with E-state index in [2.05, 4.69) is 0 Å². The zero-order chi connectivity index (χ0) is 19.6. The van der Waals surface area contributed by atoms with Crippen LogP contribution in [0.3, 0.4) is 0 Å². The van der Waals surface area contributed by atoms with Crippen LogP contribution in [0.15, 0.2) is 36.4 Å². The number of nitro benzene ring substituents is 1. The molecule has 0 aliphatic rings. The summed E-state index contributed by atoms with van der Waals surface area (Å²) in [6.07, 6.45) is 0.121. The summed E-state index contributed by atoms with van der Waals surface area (Å²) in [6.45, 7) is 5.55. The number of hydrogen-bond acceptors (Lipinski definition) is 5. The fraction of sp³-hybridized carbons (Fsp3) is 0.300. The van der Waals surface area contributed by atoms with E-state index in [1.807, 2.05) is 38.1 Å². The summed E-state index contributed by atoms with van der Waals surface area (Å²) in [5.41, 5.74) is 2.50. The van der Waals surface area contributed by atoms with Crippen LogP contribution in [0.5, 0.6) is 0 Å². The Labute approximate surface area is 163 Å². The summed E-state index contributed by atoms with van der Waals surface area (Å²) in [5, 5.41) is 13.9. The van der Waals surface area contributed by atoms with Crippen molar-refractivity contribution in [3.8, 4) is 0 Å². The fourth-order valence-electron chi connectivity index (χ4n) is 2.97. The molecule has 0 N–H and O–H groups in total. The molecule has 1 aromatic heterocycles. The molecule has 0 fully saturated rings. The standard InChI is InChI=1S/C20H20AsN2O4/c1-4-17(24)27-13(3)11-21-19-14-7-5-6-8-15(14)22-20-12(2)9-10-16(18(19)20)23(25)26/h5-10,13H,4,11H2,1-3H3. The topological polar surface area (TPSA) is 82.3 Å². The van der Waals surface area contributed by atoms with Crippen LogP contribution < -0.4 is 4.35 Å². The van der Waals surface area contributed by atoms with Crippen LogP contribution in [-0.4, -0.2) is 37.7 Å². The van der Waals surface area contributed by atoms with E-state index in [0.717, 1.165) is 20.8 Å². The molecule has 139 valence electrons. The zero-order valence-corrected chi connectivity index (χ0v) is 17.3. The molecule has 0 amide bonds. The van der Waals surface area contributed by atoms with Crippen LogP contribution in [0.4, 0.5) is 5.69 Å². The molecule has 0 spiro atoms. The van der Waals surface area contributed by atoms with E-state index >= 15 is 0 Å². The number of rotatable bonds is 6. The average molecular weight is 427 g/mol. The van der Waals surface area contributed by atoms with Gasteiger partial charge in [0.2, 0.25) is 0 Å². The number of para-hydroxylation sites is 1. The van der Waals surface area contributed by atoms with Gasteiger partial charge in [-0.05, 0) is 0 Å². The van der Waals surface area contributed by atoms with Crippen molar-refractivity contribution in [1.82, 2.24) is 4.98 Å². The van der Waals surface area contributed by atoms with Crippen LogP contribution in [0, 0.1) is 17.0 Å². The van der Waals surface area contributed by atoms with Crippen LogP contribution in [0.25, 0.3) is 21.8 Å². The molecule has 1 heterocycles. The number of non-ortho nitro benzene ring substituents is 1. The number of pyridine rings is 1. The Hall–Kier alpha value is -2.46. The van der Waals surface area contributed by atoms with E-state index in [0.29, 0.717) is 22.5 Å². The van der Waals surface area contributed by atoms with Crippen molar-refractivity contribution in [1.29, 1.82) is 0 Å². The van der Waals surface area contributed by atoms with Gasteiger partial charge < -0.3 is 0 Å². The van der Waals surface area contributed by atoms with E-state index in [-0.39, 0.29) is 22.7 Å². The number of hydrogen-bond donors (Lipinski definition) is 0. The van der Waals surface area contributed by atoms with E-state index < -0.39 is 15.8 Å². The maximum atomic E-state index is 11.7. The molecule has 6 nitrogen and oxygen atoms in total. The van der Waals surface area contributed by atoms with E-state index in [4.69, 9.17) is 9.72 Å². The first-order chi connectivity index (χ1) is 12.9. The van der Waals surface area contributed by atoms with Crippen LogP contribution >= 0.6 is 0 Å². The van der Waals surface area contributed by atoms with Crippen molar-refractivity contribution in [2.45, 2.75) is 38.5 Å². The predicted octanol–water partition coefficient (Wildman–Crippen LogP) is 3.69. The summed E-state index contributed by atoms with van der Waals surface area (Å²) in [7, 11) is 0. The van der Waals surface area contributed by atoms with Gasteiger partial charge in [0.1, 0.15) is 0 Å². The van der Waals surface area contributed by atoms with Crippen LogP contribution in [0.2, 0.25) is 5.21 Å². The Morgan fingerprint density at radius 1 is 1.30 bits per heavy atom. The Morgan fingerprint density at radius 2 is 2.04 bits per heavy atom. The third kappa shape index (κ3) is 3.96. The summed E-state index contributed by atoms with van der Waals surface area (Å²) in [5.74, 6) is -0.227. The second-order valence-electron chi connectivity index (χ2n) is 6.35. The number of aromatic nitrogens is 1. The minimum atomic E-state index is -0.456. The quantitative estimate of drug-likeness (QED) is 0.197. The molecule has 0 saturated heterocycles. The molecule has 3 aromatic rings. The number of nitro groups is 1. The van der Waals surface area contributed by atoms with Gasteiger partial charge in [0, 0.05) is 0 Å². The van der Waals surface area contributed by atoms with Gasteiger partial charge in [-0.3, -0.25) is 0 Å². The molecule has 3 rings (SSSR count). The van der Waals surface area contributed by atoms with Crippen molar-refractivity contribution < 1.29 is 14.5 Å². The molecule has 1 atom stereocenters. The SMILES string of the molecule is CCC(=O)OC(C)C[As]c1c2ccccc2nc2c(C)ccc([N+](=O)[O-])c12. The fourth-order valence-corrected chi connectivity index (χ4v) is 5.60. The van der Waals surface area contributed by atoms with E-state index in [1.54, 1.807) is 19.1 Å². The van der Waals surface area contributed by atoms with E-state index in [1.165, 1.54) is 0 Å². The first kappa shape index (κ1) is 19.3. The number of carbonyl (C=O) groups is 1. The predicted molar refractivity (Wildman–Crippen MR) is 107 cm³/mol. The van der Waals surface area contributed by atoms with E-state index in [9.17, 15) is 14.9 Å². The normalized spacial score (nSPS) is 12.7. The van der Waals surface area contributed by atoms with Gasteiger partial charge in [-0.1, -0.05) is 0 Å². The third-order valence-corrected chi connectivity index (χ3v) is 7.41. The molecule has 7 heteroatoms. The molecule has 0 aliphatic carbocycles. The van der Waals surface area contributed by atoms with Crippen molar-refractivity contribution in [2.24, 2.45) is 0 Å². The first-order valence-corrected chi connectivity index (χ1v) is 11.0. The molecule has 0 saturated carbocycles. The number of esters is 1. The average Bonchev–Trinajstić information content (AvgIpc) is 2.65. The molecule has 1 unspecified atom stereocenters. The number of aryl methyl sites for hydroxylation is 1. The second kappa shape index (κ2) is 8.05. The number of fused-ring (bicyclic) bond motifs is 2. The zero-order valence-electron chi connectivity index (χ0n) is 15.4. The Balaban J connectivity index is 2.16. The number of benzene rings is 2. The van der Waals surface area contributed by atoms with Gasteiger partial charge in [0.25, 0.3) is 0 Å². The van der Waals surface area contributed by atoms with Crippen molar-refractivity contribution in [3.05, 3.63) is 52.1 Å². The molecular weight excluding hydrogens is 407 g/mol. The molecule has 1 radical (unpaired) electrons. The maximum absolute atomic E-state index is 11.7.